The Hall–Kier alpha value is -1.53. The number of aromatic nitrogens is 3. The summed E-state index contributed by atoms with van der Waals surface area (Å²) < 4.78 is 1.61. The smallest absolute Gasteiger partial charge is 0.324 e. The molecule has 0 radical (unpaired) electrons. The lowest BCUT2D eigenvalue weighted by molar-refractivity contribution is 0.660. The van der Waals surface area contributed by atoms with Crippen molar-refractivity contribution in [2.24, 2.45) is 5.73 Å². The minimum absolute atomic E-state index is 0.0817. The summed E-state index contributed by atoms with van der Waals surface area (Å²) in [6.07, 6.45) is 0.918. The molecule has 6 heteroatoms. The average molecular weight is 278 g/mol. The van der Waals surface area contributed by atoms with Gasteiger partial charge in [0, 0.05) is 17.5 Å². The van der Waals surface area contributed by atoms with Gasteiger partial charge in [-0.15, -0.1) is 5.10 Å². The summed E-state index contributed by atoms with van der Waals surface area (Å²) in [5, 5.41) is 7.16. The van der Waals surface area contributed by atoms with Crippen molar-refractivity contribution in [3.8, 4) is 0 Å². The van der Waals surface area contributed by atoms with E-state index in [1.165, 1.54) is 11.8 Å². The van der Waals surface area contributed by atoms with Crippen molar-refractivity contribution in [3.63, 3.8) is 0 Å². The van der Waals surface area contributed by atoms with Crippen LogP contribution in [0.3, 0.4) is 0 Å². The molecule has 1 aromatic carbocycles. The number of nitrogens with two attached hydrogens (primary N) is 1. The highest BCUT2D eigenvalue weighted by Gasteiger charge is 2.09. The van der Waals surface area contributed by atoms with Gasteiger partial charge in [0.25, 0.3) is 0 Å². The molecule has 1 aromatic heterocycles. The van der Waals surface area contributed by atoms with Crippen molar-refractivity contribution in [2.45, 2.75) is 42.9 Å². The Bertz CT molecular complexity index is 587. The maximum Gasteiger partial charge on any atom is 0.343 e. The van der Waals surface area contributed by atoms with E-state index < -0.39 is 0 Å². The molecule has 102 valence electrons. The monoisotopic (exact) mass is 278 g/mol. The van der Waals surface area contributed by atoms with E-state index >= 15 is 0 Å². The van der Waals surface area contributed by atoms with Crippen molar-refractivity contribution in [3.05, 3.63) is 40.3 Å². The van der Waals surface area contributed by atoms with Gasteiger partial charge in [0.2, 0.25) is 0 Å². The lowest BCUT2D eigenvalue weighted by Gasteiger charge is -2.09. The van der Waals surface area contributed by atoms with E-state index in [0.717, 1.165) is 16.9 Å². The second-order valence-electron chi connectivity index (χ2n) is 4.24. The summed E-state index contributed by atoms with van der Waals surface area (Å²) in [6.45, 7) is 4.60. The van der Waals surface area contributed by atoms with Crippen LogP contribution in [0.15, 0.2) is 39.1 Å². The van der Waals surface area contributed by atoms with Gasteiger partial charge >= 0.3 is 5.69 Å². The van der Waals surface area contributed by atoms with Crippen LogP contribution in [-0.4, -0.2) is 14.8 Å². The molecule has 19 heavy (non-hydrogen) atoms. The standard InChI is InChI=1S/C13H18N4OS/c1-3-11(14)9-5-7-10(8-6-9)19-13-16-15-12(18)17(13)4-2/h5-8,11H,3-4,14H2,1-2H3,(H,15,18)/t11-/m0/s1. The third kappa shape index (κ3) is 3.08. The molecule has 0 bridgehead atoms. The molecular weight excluding hydrogens is 260 g/mol. The van der Waals surface area contributed by atoms with E-state index in [-0.39, 0.29) is 11.7 Å². The lowest BCUT2D eigenvalue weighted by Crippen LogP contribution is -2.15. The third-order valence-electron chi connectivity index (χ3n) is 3.00. The van der Waals surface area contributed by atoms with Gasteiger partial charge in [-0.2, -0.15) is 0 Å². The molecule has 3 N–H and O–H groups in total. The highest BCUT2D eigenvalue weighted by molar-refractivity contribution is 7.99. The zero-order valence-corrected chi connectivity index (χ0v) is 11.9. The van der Waals surface area contributed by atoms with Crippen LogP contribution in [-0.2, 0) is 6.54 Å². The fourth-order valence-corrected chi connectivity index (χ4v) is 2.68. The number of aromatic amines is 1. The Morgan fingerprint density at radius 3 is 2.63 bits per heavy atom. The first-order chi connectivity index (χ1) is 9.15. The minimum Gasteiger partial charge on any atom is -0.324 e. The lowest BCUT2D eigenvalue weighted by atomic mass is 10.1. The summed E-state index contributed by atoms with van der Waals surface area (Å²) in [5.74, 6) is 0. The van der Waals surface area contributed by atoms with Crippen LogP contribution in [0.2, 0.25) is 0 Å². The summed E-state index contributed by atoms with van der Waals surface area (Å²) in [6, 6.07) is 8.15. The second-order valence-corrected chi connectivity index (χ2v) is 5.28. The van der Waals surface area contributed by atoms with Crippen LogP contribution in [0.25, 0.3) is 0 Å². The molecule has 1 atom stereocenters. The van der Waals surface area contributed by atoms with E-state index in [9.17, 15) is 4.79 Å². The van der Waals surface area contributed by atoms with Crippen LogP contribution in [0, 0.1) is 0 Å². The van der Waals surface area contributed by atoms with Crippen molar-refractivity contribution >= 4 is 11.8 Å². The average Bonchev–Trinajstić information content (AvgIpc) is 2.79. The van der Waals surface area contributed by atoms with E-state index in [1.807, 2.05) is 31.2 Å². The predicted octanol–water partition coefficient (Wildman–Crippen LogP) is 2.15. The van der Waals surface area contributed by atoms with Gasteiger partial charge in [-0.1, -0.05) is 19.1 Å². The van der Waals surface area contributed by atoms with Gasteiger partial charge in [-0.3, -0.25) is 4.57 Å². The second kappa shape index (κ2) is 6.08. The fourth-order valence-electron chi connectivity index (χ4n) is 1.78. The largest absolute Gasteiger partial charge is 0.343 e. The molecule has 0 saturated heterocycles. The molecule has 5 nitrogen and oxygen atoms in total. The summed E-state index contributed by atoms with van der Waals surface area (Å²) in [5.41, 5.74) is 6.93. The number of nitrogens with zero attached hydrogens (tertiary/aromatic N) is 2. The Balaban J connectivity index is 2.17. The molecule has 0 saturated carbocycles. The molecule has 0 aliphatic heterocycles. The Labute approximate surface area is 116 Å². The van der Waals surface area contributed by atoms with E-state index in [1.54, 1.807) is 4.57 Å². The molecule has 2 aromatic rings. The molecule has 0 aliphatic rings. The fraction of sp³-hybridized carbons (Fsp3) is 0.385. The number of nitrogens with one attached hydrogen (secondary N) is 1. The number of rotatable bonds is 5. The van der Waals surface area contributed by atoms with Crippen LogP contribution in [0.5, 0.6) is 0 Å². The number of hydrogen-bond acceptors (Lipinski definition) is 4. The Morgan fingerprint density at radius 2 is 2.05 bits per heavy atom. The molecular formula is C13H18N4OS. The first-order valence-corrected chi connectivity index (χ1v) is 7.16. The van der Waals surface area contributed by atoms with E-state index in [0.29, 0.717) is 11.7 Å². The van der Waals surface area contributed by atoms with Gasteiger partial charge in [0.1, 0.15) is 0 Å². The number of hydrogen-bond donors (Lipinski definition) is 2. The van der Waals surface area contributed by atoms with Crippen molar-refractivity contribution < 1.29 is 0 Å². The molecule has 0 spiro atoms. The maximum absolute atomic E-state index is 11.5. The zero-order chi connectivity index (χ0) is 13.8. The van der Waals surface area contributed by atoms with Gasteiger partial charge in [0.05, 0.1) is 0 Å². The molecule has 0 aliphatic carbocycles. The zero-order valence-electron chi connectivity index (χ0n) is 11.1. The van der Waals surface area contributed by atoms with Crippen molar-refractivity contribution in [1.82, 2.24) is 14.8 Å². The van der Waals surface area contributed by atoms with Crippen molar-refractivity contribution in [1.29, 1.82) is 0 Å². The molecule has 0 amide bonds. The van der Waals surface area contributed by atoms with Crippen LogP contribution in [0.1, 0.15) is 31.9 Å². The highest BCUT2D eigenvalue weighted by atomic mass is 32.2. The van der Waals surface area contributed by atoms with Crippen LogP contribution < -0.4 is 11.4 Å². The topological polar surface area (TPSA) is 76.7 Å². The third-order valence-corrected chi connectivity index (χ3v) is 4.00. The van der Waals surface area contributed by atoms with Gasteiger partial charge < -0.3 is 5.73 Å². The Kier molecular flexibility index (Phi) is 4.44. The first-order valence-electron chi connectivity index (χ1n) is 6.34. The predicted molar refractivity (Wildman–Crippen MR) is 76.3 cm³/mol. The van der Waals surface area contributed by atoms with Gasteiger partial charge in [0.15, 0.2) is 5.16 Å². The van der Waals surface area contributed by atoms with Gasteiger partial charge in [-0.25, -0.2) is 9.89 Å². The highest BCUT2D eigenvalue weighted by Crippen LogP contribution is 2.26. The number of benzene rings is 1. The van der Waals surface area contributed by atoms with Crippen LogP contribution >= 0.6 is 11.8 Å². The maximum atomic E-state index is 11.5. The normalized spacial score (nSPS) is 12.6. The molecule has 1 heterocycles. The van der Waals surface area contributed by atoms with Crippen molar-refractivity contribution in [2.75, 3.05) is 0 Å². The molecule has 0 fully saturated rings. The molecule has 0 unspecified atom stereocenters. The SMILES string of the molecule is CC[C@H](N)c1ccc(Sc2n[nH]c(=O)n2CC)cc1. The summed E-state index contributed by atoms with van der Waals surface area (Å²) >= 11 is 1.47. The minimum atomic E-state index is -0.172. The van der Waals surface area contributed by atoms with Gasteiger partial charge in [-0.05, 0) is 42.8 Å². The summed E-state index contributed by atoms with van der Waals surface area (Å²) in [7, 11) is 0. The molecule has 2 rings (SSSR count). The Morgan fingerprint density at radius 1 is 1.37 bits per heavy atom. The quantitative estimate of drug-likeness (QED) is 0.878. The van der Waals surface area contributed by atoms with Crippen LogP contribution in [0.4, 0.5) is 0 Å². The van der Waals surface area contributed by atoms with E-state index in [2.05, 4.69) is 17.1 Å². The van der Waals surface area contributed by atoms with E-state index in [4.69, 9.17) is 5.73 Å². The first kappa shape index (κ1) is 13.9. The number of H-pyrrole nitrogens is 1. The summed E-state index contributed by atoms with van der Waals surface area (Å²) in [4.78, 5) is 12.5.